The maximum absolute atomic E-state index is 5.64. The molecular formula is C8H12N2S. The van der Waals surface area contributed by atoms with Crippen LogP contribution in [0.1, 0.15) is 22.7 Å². The first-order valence-corrected chi connectivity index (χ1v) is 4.79. The second-order valence-electron chi connectivity index (χ2n) is 3.20. The number of thiazole rings is 1. The second kappa shape index (κ2) is 2.48. The van der Waals surface area contributed by atoms with E-state index in [0.29, 0.717) is 0 Å². The fourth-order valence-electron chi connectivity index (χ4n) is 1.12. The van der Waals surface area contributed by atoms with E-state index >= 15 is 0 Å². The van der Waals surface area contributed by atoms with E-state index < -0.39 is 0 Å². The van der Waals surface area contributed by atoms with Gasteiger partial charge in [-0.2, -0.15) is 0 Å². The summed E-state index contributed by atoms with van der Waals surface area (Å²) in [5, 5.41) is 1.22. The van der Waals surface area contributed by atoms with Crippen LogP contribution in [0.3, 0.4) is 0 Å². The van der Waals surface area contributed by atoms with Crippen molar-refractivity contribution in [2.75, 3.05) is 5.73 Å². The Morgan fingerprint density at radius 3 is 2.82 bits per heavy atom. The molecule has 1 fully saturated rings. The van der Waals surface area contributed by atoms with Crippen LogP contribution in [0.25, 0.3) is 0 Å². The SMILES string of the molecule is Cc1sc(CC2CC2)nc1N. The fourth-order valence-corrected chi connectivity index (χ4v) is 2.09. The van der Waals surface area contributed by atoms with Crippen molar-refractivity contribution in [1.82, 2.24) is 4.98 Å². The average molecular weight is 168 g/mol. The lowest BCUT2D eigenvalue weighted by atomic mass is 10.3. The van der Waals surface area contributed by atoms with Gasteiger partial charge in [0.05, 0.1) is 5.01 Å². The molecule has 2 rings (SSSR count). The molecule has 0 atom stereocenters. The van der Waals surface area contributed by atoms with Gasteiger partial charge in [0, 0.05) is 11.3 Å². The molecule has 0 spiro atoms. The predicted molar refractivity (Wildman–Crippen MR) is 47.7 cm³/mol. The number of hydrogen-bond donors (Lipinski definition) is 1. The summed E-state index contributed by atoms with van der Waals surface area (Å²) in [4.78, 5) is 5.45. The number of nitrogens with zero attached hydrogens (tertiary/aromatic N) is 1. The highest BCUT2D eigenvalue weighted by molar-refractivity contribution is 7.12. The Balaban J connectivity index is 2.11. The Morgan fingerprint density at radius 2 is 2.36 bits per heavy atom. The van der Waals surface area contributed by atoms with Gasteiger partial charge in [-0.05, 0) is 25.7 Å². The van der Waals surface area contributed by atoms with Crippen molar-refractivity contribution in [2.45, 2.75) is 26.2 Å². The number of aryl methyl sites for hydroxylation is 1. The first-order valence-electron chi connectivity index (χ1n) is 3.97. The monoisotopic (exact) mass is 168 g/mol. The van der Waals surface area contributed by atoms with E-state index in [2.05, 4.69) is 4.98 Å². The summed E-state index contributed by atoms with van der Waals surface area (Å²) in [6.45, 7) is 2.03. The first-order chi connectivity index (χ1) is 5.25. The standard InChI is InChI=1S/C8H12N2S/c1-5-8(9)10-7(11-5)4-6-2-3-6/h6H,2-4,9H2,1H3. The van der Waals surface area contributed by atoms with Gasteiger partial charge < -0.3 is 5.73 Å². The number of hydrogen-bond acceptors (Lipinski definition) is 3. The molecule has 0 amide bonds. The maximum Gasteiger partial charge on any atom is 0.137 e. The fraction of sp³-hybridized carbons (Fsp3) is 0.625. The summed E-state index contributed by atoms with van der Waals surface area (Å²) in [5.41, 5.74) is 5.64. The van der Waals surface area contributed by atoms with Crippen molar-refractivity contribution in [3.05, 3.63) is 9.88 Å². The molecule has 0 aliphatic heterocycles. The molecule has 1 aliphatic carbocycles. The van der Waals surface area contributed by atoms with Gasteiger partial charge in [-0.25, -0.2) is 4.98 Å². The molecular weight excluding hydrogens is 156 g/mol. The van der Waals surface area contributed by atoms with E-state index in [1.165, 1.54) is 22.7 Å². The van der Waals surface area contributed by atoms with Gasteiger partial charge in [-0.3, -0.25) is 0 Å². The van der Waals surface area contributed by atoms with Crippen LogP contribution in [0.15, 0.2) is 0 Å². The number of rotatable bonds is 2. The second-order valence-corrected chi connectivity index (χ2v) is 4.48. The quantitative estimate of drug-likeness (QED) is 0.733. The van der Waals surface area contributed by atoms with Gasteiger partial charge in [0.15, 0.2) is 0 Å². The van der Waals surface area contributed by atoms with E-state index in [-0.39, 0.29) is 0 Å². The van der Waals surface area contributed by atoms with Crippen LogP contribution in [-0.2, 0) is 6.42 Å². The van der Waals surface area contributed by atoms with Crippen LogP contribution < -0.4 is 5.73 Å². The first kappa shape index (κ1) is 7.10. The van der Waals surface area contributed by atoms with E-state index in [9.17, 15) is 0 Å². The zero-order chi connectivity index (χ0) is 7.84. The maximum atomic E-state index is 5.64. The molecule has 0 unspecified atom stereocenters. The summed E-state index contributed by atoms with van der Waals surface area (Å²) in [6, 6.07) is 0. The lowest BCUT2D eigenvalue weighted by Gasteiger charge is -1.87. The highest BCUT2D eigenvalue weighted by Gasteiger charge is 2.23. The minimum atomic E-state index is 0.727. The average Bonchev–Trinajstić information content (AvgIpc) is 2.65. The zero-order valence-electron chi connectivity index (χ0n) is 6.63. The van der Waals surface area contributed by atoms with Gasteiger partial charge in [-0.15, -0.1) is 11.3 Å². The van der Waals surface area contributed by atoms with E-state index in [1.54, 1.807) is 11.3 Å². The number of anilines is 1. The minimum Gasteiger partial charge on any atom is -0.383 e. The Kier molecular flexibility index (Phi) is 1.60. The minimum absolute atomic E-state index is 0.727. The zero-order valence-corrected chi connectivity index (χ0v) is 7.45. The Bertz CT molecular complexity index is 244. The van der Waals surface area contributed by atoms with Crippen molar-refractivity contribution in [2.24, 2.45) is 5.92 Å². The number of aromatic nitrogens is 1. The molecule has 1 saturated carbocycles. The number of nitrogen functional groups attached to an aromatic ring is 1. The largest absolute Gasteiger partial charge is 0.383 e. The lowest BCUT2D eigenvalue weighted by Crippen LogP contribution is -1.88. The van der Waals surface area contributed by atoms with Crippen molar-refractivity contribution in [3.63, 3.8) is 0 Å². The topological polar surface area (TPSA) is 38.9 Å². The van der Waals surface area contributed by atoms with Crippen molar-refractivity contribution < 1.29 is 0 Å². The van der Waals surface area contributed by atoms with E-state index in [0.717, 1.165) is 18.2 Å². The Labute approximate surface area is 70.5 Å². The van der Waals surface area contributed by atoms with Gasteiger partial charge in [-0.1, -0.05) is 0 Å². The van der Waals surface area contributed by atoms with Gasteiger partial charge in [0.2, 0.25) is 0 Å². The molecule has 0 bridgehead atoms. The highest BCUT2D eigenvalue weighted by Crippen LogP contribution is 2.34. The molecule has 3 heteroatoms. The summed E-state index contributed by atoms with van der Waals surface area (Å²) in [5.74, 6) is 1.64. The van der Waals surface area contributed by atoms with E-state index in [1.807, 2.05) is 6.92 Å². The summed E-state index contributed by atoms with van der Waals surface area (Å²) < 4.78 is 0. The Hall–Kier alpha value is -0.570. The van der Waals surface area contributed by atoms with Crippen LogP contribution in [0.5, 0.6) is 0 Å². The third kappa shape index (κ3) is 1.53. The molecule has 1 aromatic rings. The molecule has 2 N–H and O–H groups in total. The predicted octanol–water partition coefficient (Wildman–Crippen LogP) is 1.99. The van der Waals surface area contributed by atoms with Gasteiger partial charge in [0.1, 0.15) is 5.82 Å². The van der Waals surface area contributed by atoms with E-state index in [4.69, 9.17) is 5.73 Å². The molecule has 0 saturated heterocycles. The van der Waals surface area contributed by atoms with Crippen LogP contribution in [-0.4, -0.2) is 4.98 Å². The van der Waals surface area contributed by atoms with Crippen molar-refractivity contribution in [3.8, 4) is 0 Å². The van der Waals surface area contributed by atoms with Crippen LogP contribution in [0.4, 0.5) is 5.82 Å². The van der Waals surface area contributed by atoms with Crippen molar-refractivity contribution in [1.29, 1.82) is 0 Å². The smallest absolute Gasteiger partial charge is 0.137 e. The molecule has 0 radical (unpaired) electrons. The molecule has 1 heterocycles. The van der Waals surface area contributed by atoms with Gasteiger partial charge >= 0.3 is 0 Å². The van der Waals surface area contributed by atoms with Crippen LogP contribution in [0.2, 0.25) is 0 Å². The third-order valence-corrected chi connectivity index (χ3v) is 3.05. The number of nitrogens with two attached hydrogens (primary N) is 1. The molecule has 0 aromatic carbocycles. The normalized spacial score (nSPS) is 17.2. The van der Waals surface area contributed by atoms with Crippen molar-refractivity contribution >= 4 is 17.2 Å². The summed E-state index contributed by atoms with van der Waals surface area (Å²) in [7, 11) is 0. The third-order valence-electron chi connectivity index (χ3n) is 2.04. The molecule has 11 heavy (non-hydrogen) atoms. The molecule has 2 nitrogen and oxygen atoms in total. The molecule has 1 aliphatic rings. The summed E-state index contributed by atoms with van der Waals surface area (Å²) >= 11 is 1.75. The van der Waals surface area contributed by atoms with Crippen LogP contribution in [0, 0.1) is 12.8 Å². The Morgan fingerprint density at radius 1 is 1.64 bits per heavy atom. The molecule has 60 valence electrons. The summed E-state index contributed by atoms with van der Waals surface area (Å²) in [6.07, 6.45) is 3.93. The van der Waals surface area contributed by atoms with Crippen LogP contribution >= 0.6 is 11.3 Å². The highest BCUT2D eigenvalue weighted by atomic mass is 32.1. The van der Waals surface area contributed by atoms with Gasteiger partial charge in [0.25, 0.3) is 0 Å². The lowest BCUT2D eigenvalue weighted by molar-refractivity contribution is 0.825. The molecule has 1 aromatic heterocycles.